The van der Waals surface area contributed by atoms with Gasteiger partial charge in [-0.05, 0) is 49.1 Å². The maximum atomic E-state index is 13.9. The molecule has 0 spiro atoms. The number of carbonyl (C=O) groups excluding carboxylic acids is 1. The van der Waals surface area contributed by atoms with Crippen LogP contribution in [0.2, 0.25) is 0 Å². The lowest BCUT2D eigenvalue weighted by molar-refractivity contribution is -0.384. The number of allylic oxidation sites excluding steroid dienone is 1. The van der Waals surface area contributed by atoms with Gasteiger partial charge in [0.05, 0.1) is 52.1 Å². The highest BCUT2D eigenvalue weighted by molar-refractivity contribution is 7.07. The van der Waals surface area contributed by atoms with E-state index in [1.165, 1.54) is 35.1 Å². The number of carbonyl (C=O) groups is 1. The van der Waals surface area contributed by atoms with Gasteiger partial charge in [0.25, 0.3) is 11.2 Å². The topological polar surface area (TPSA) is 126 Å². The minimum atomic E-state index is -0.708. The van der Waals surface area contributed by atoms with E-state index in [1.807, 2.05) is 24.3 Å². The molecule has 216 valence electrons. The summed E-state index contributed by atoms with van der Waals surface area (Å²) in [6.07, 6.45) is 1.62. The summed E-state index contributed by atoms with van der Waals surface area (Å²) in [5.41, 5.74) is 2.83. The zero-order valence-electron chi connectivity index (χ0n) is 23.7. The molecule has 2 aromatic carbocycles. The third-order valence-corrected chi connectivity index (χ3v) is 7.98. The normalized spacial score (nSPS) is 15.0. The molecule has 42 heavy (non-hydrogen) atoms. The van der Waals surface area contributed by atoms with Crippen molar-refractivity contribution in [1.29, 1.82) is 0 Å². The van der Waals surface area contributed by atoms with Crippen LogP contribution >= 0.6 is 11.3 Å². The number of furan rings is 1. The SMILES string of the molecule is CCOC(=O)C1=C(C)N=c2s/c(=C\c3ccc(-c4ccc([N+](=O)[O-])cc4OC)o3)c(=O)n2[C@@H]1c1ccc(C(C)C)cc1. The summed E-state index contributed by atoms with van der Waals surface area (Å²) in [4.78, 5) is 42.7. The number of nitro groups is 1. The van der Waals surface area contributed by atoms with Crippen LogP contribution in [0, 0.1) is 10.1 Å². The van der Waals surface area contributed by atoms with Crippen molar-refractivity contribution in [3.05, 3.63) is 113 Å². The van der Waals surface area contributed by atoms with Gasteiger partial charge in [-0.3, -0.25) is 19.5 Å². The minimum absolute atomic E-state index is 0.102. The summed E-state index contributed by atoms with van der Waals surface area (Å²) in [7, 11) is 1.42. The second kappa shape index (κ2) is 11.6. The maximum Gasteiger partial charge on any atom is 0.338 e. The first-order valence-corrected chi connectivity index (χ1v) is 14.2. The van der Waals surface area contributed by atoms with Crippen LogP contribution in [0.5, 0.6) is 5.75 Å². The fraction of sp³-hybridized carbons (Fsp3) is 0.258. The van der Waals surface area contributed by atoms with E-state index in [9.17, 15) is 19.7 Å². The van der Waals surface area contributed by atoms with Crippen molar-refractivity contribution in [2.45, 2.75) is 39.7 Å². The summed E-state index contributed by atoms with van der Waals surface area (Å²) in [6, 6.07) is 14.8. The maximum absolute atomic E-state index is 13.9. The van der Waals surface area contributed by atoms with Gasteiger partial charge >= 0.3 is 5.97 Å². The molecule has 11 heteroatoms. The van der Waals surface area contributed by atoms with Crippen LogP contribution in [0.4, 0.5) is 5.69 Å². The number of hydrogen-bond acceptors (Lipinski definition) is 9. The molecule has 5 rings (SSSR count). The highest BCUT2D eigenvalue weighted by Gasteiger charge is 2.33. The van der Waals surface area contributed by atoms with E-state index in [4.69, 9.17) is 13.9 Å². The van der Waals surface area contributed by atoms with Crippen molar-refractivity contribution in [3.63, 3.8) is 0 Å². The average Bonchev–Trinajstić information content (AvgIpc) is 3.56. The van der Waals surface area contributed by atoms with Crippen LogP contribution < -0.4 is 19.6 Å². The molecule has 0 fully saturated rings. The van der Waals surface area contributed by atoms with Gasteiger partial charge in [-0.1, -0.05) is 49.4 Å². The number of thiazole rings is 1. The molecule has 0 radical (unpaired) electrons. The van der Waals surface area contributed by atoms with Crippen molar-refractivity contribution < 1.29 is 23.6 Å². The lowest BCUT2D eigenvalue weighted by Crippen LogP contribution is -2.39. The van der Waals surface area contributed by atoms with Gasteiger partial charge in [0.1, 0.15) is 17.3 Å². The predicted octanol–water partition coefficient (Wildman–Crippen LogP) is 5.10. The monoisotopic (exact) mass is 587 g/mol. The molecule has 0 amide bonds. The predicted molar refractivity (Wildman–Crippen MR) is 158 cm³/mol. The lowest BCUT2D eigenvalue weighted by Gasteiger charge is -2.25. The van der Waals surface area contributed by atoms with Crippen LogP contribution in [-0.4, -0.2) is 29.2 Å². The minimum Gasteiger partial charge on any atom is -0.496 e. The summed E-state index contributed by atoms with van der Waals surface area (Å²) in [5.74, 6) is 0.916. The summed E-state index contributed by atoms with van der Waals surface area (Å²) >= 11 is 1.19. The van der Waals surface area contributed by atoms with E-state index < -0.39 is 16.9 Å². The van der Waals surface area contributed by atoms with E-state index in [0.29, 0.717) is 43.6 Å². The molecule has 0 aliphatic carbocycles. The van der Waals surface area contributed by atoms with Crippen molar-refractivity contribution in [2.24, 2.45) is 4.99 Å². The Morgan fingerprint density at radius 3 is 2.57 bits per heavy atom. The zero-order chi connectivity index (χ0) is 30.1. The Hall–Kier alpha value is -4.77. The molecule has 2 aromatic heterocycles. The molecule has 0 N–H and O–H groups in total. The smallest absolute Gasteiger partial charge is 0.338 e. The second-order valence-electron chi connectivity index (χ2n) is 9.97. The molecule has 0 saturated carbocycles. The Morgan fingerprint density at radius 1 is 1.19 bits per heavy atom. The van der Waals surface area contributed by atoms with Gasteiger partial charge in [-0.15, -0.1) is 0 Å². The molecule has 0 unspecified atom stereocenters. The van der Waals surface area contributed by atoms with Gasteiger partial charge in [0, 0.05) is 12.1 Å². The zero-order valence-corrected chi connectivity index (χ0v) is 24.6. The lowest BCUT2D eigenvalue weighted by atomic mass is 9.93. The molecular weight excluding hydrogens is 558 g/mol. The van der Waals surface area contributed by atoms with E-state index in [2.05, 4.69) is 18.8 Å². The largest absolute Gasteiger partial charge is 0.496 e. The number of methoxy groups -OCH3 is 1. The highest BCUT2D eigenvalue weighted by atomic mass is 32.1. The van der Waals surface area contributed by atoms with Gasteiger partial charge in [0.2, 0.25) is 0 Å². The quantitative estimate of drug-likeness (QED) is 0.160. The standard InChI is InChI=1S/C31H29N3O7S/c1-6-40-30(36)27-18(4)32-31-33(28(27)20-9-7-19(8-10-20)17(2)3)29(35)26(42-31)16-22-12-14-24(41-22)23-13-11-21(34(37)38)15-25(23)39-5/h7-17,28H,6H2,1-5H3/b26-16-/t28-/m1/s1. The van der Waals surface area contributed by atoms with E-state index in [0.717, 1.165) is 11.1 Å². The molecule has 4 aromatic rings. The third kappa shape index (κ3) is 5.30. The highest BCUT2D eigenvalue weighted by Crippen LogP contribution is 2.35. The summed E-state index contributed by atoms with van der Waals surface area (Å²) < 4.78 is 18.6. The van der Waals surface area contributed by atoms with Crippen LogP contribution in [0.15, 0.2) is 80.1 Å². The van der Waals surface area contributed by atoms with Crippen LogP contribution in [0.1, 0.15) is 56.5 Å². The van der Waals surface area contributed by atoms with Crippen LogP contribution in [0.3, 0.4) is 0 Å². The molecule has 0 saturated heterocycles. The number of aromatic nitrogens is 1. The second-order valence-corrected chi connectivity index (χ2v) is 11.0. The van der Waals surface area contributed by atoms with Crippen molar-refractivity contribution in [2.75, 3.05) is 13.7 Å². The Bertz CT molecular complexity index is 1900. The Morgan fingerprint density at radius 2 is 1.93 bits per heavy atom. The fourth-order valence-electron chi connectivity index (χ4n) is 4.87. The Labute approximate surface area is 245 Å². The Kier molecular flexibility index (Phi) is 7.95. The summed E-state index contributed by atoms with van der Waals surface area (Å²) in [5, 5.41) is 11.2. The molecule has 1 aliphatic heterocycles. The third-order valence-electron chi connectivity index (χ3n) is 7.00. The molecule has 10 nitrogen and oxygen atoms in total. The van der Waals surface area contributed by atoms with Crippen molar-refractivity contribution in [1.82, 2.24) is 4.57 Å². The van der Waals surface area contributed by atoms with Crippen LogP contribution in [0.25, 0.3) is 17.4 Å². The number of esters is 1. The first-order chi connectivity index (χ1) is 20.1. The van der Waals surface area contributed by atoms with Gasteiger partial charge < -0.3 is 13.9 Å². The van der Waals surface area contributed by atoms with E-state index in [1.54, 1.807) is 38.1 Å². The first-order valence-electron chi connectivity index (χ1n) is 13.3. The fourth-order valence-corrected chi connectivity index (χ4v) is 5.90. The number of ether oxygens (including phenoxy) is 2. The van der Waals surface area contributed by atoms with Crippen molar-refractivity contribution in [3.8, 4) is 17.1 Å². The molecule has 1 atom stereocenters. The number of nitrogens with zero attached hydrogens (tertiary/aromatic N) is 3. The van der Waals surface area contributed by atoms with E-state index >= 15 is 0 Å². The molecule has 1 aliphatic rings. The van der Waals surface area contributed by atoms with Gasteiger partial charge in [-0.25, -0.2) is 9.79 Å². The molecular formula is C31H29N3O7S. The number of benzene rings is 2. The summed E-state index contributed by atoms with van der Waals surface area (Å²) in [6.45, 7) is 7.88. The van der Waals surface area contributed by atoms with E-state index in [-0.39, 0.29) is 23.6 Å². The van der Waals surface area contributed by atoms with Gasteiger partial charge in [-0.2, -0.15) is 0 Å². The molecule has 0 bridgehead atoms. The number of rotatable bonds is 8. The average molecular weight is 588 g/mol. The first kappa shape index (κ1) is 28.7. The van der Waals surface area contributed by atoms with Gasteiger partial charge in [0.15, 0.2) is 4.80 Å². The number of fused-ring (bicyclic) bond motifs is 1. The van der Waals surface area contributed by atoms with Crippen molar-refractivity contribution >= 4 is 29.1 Å². The van der Waals surface area contributed by atoms with Crippen LogP contribution in [-0.2, 0) is 9.53 Å². The number of hydrogen-bond donors (Lipinski definition) is 0. The number of nitro benzene ring substituents is 1. The molecule has 3 heterocycles. The number of non-ortho nitro benzene ring substituents is 1. The Balaban J connectivity index is 1.61.